The zero-order valence-electron chi connectivity index (χ0n) is 12.5. The van der Waals surface area contributed by atoms with E-state index >= 15 is 0 Å². The van der Waals surface area contributed by atoms with Gasteiger partial charge in [-0.15, -0.1) is 0 Å². The Bertz CT molecular complexity index is 694. The lowest BCUT2D eigenvalue weighted by atomic mass is 10.2. The summed E-state index contributed by atoms with van der Waals surface area (Å²) in [5, 5.41) is 6.59. The highest BCUT2D eigenvalue weighted by molar-refractivity contribution is 6.01. The van der Waals surface area contributed by atoms with Crippen LogP contribution in [0, 0.1) is 6.92 Å². The molecule has 22 heavy (non-hydrogen) atoms. The molecule has 1 aromatic carbocycles. The highest BCUT2D eigenvalue weighted by atomic mass is 16.5. The van der Waals surface area contributed by atoms with Crippen molar-refractivity contribution in [2.45, 2.75) is 20.4 Å². The smallest absolute Gasteiger partial charge is 0.271 e. The lowest BCUT2D eigenvalue weighted by Crippen LogP contribution is -2.22. The molecule has 0 saturated carbocycles. The van der Waals surface area contributed by atoms with Crippen molar-refractivity contribution >= 4 is 17.5 Å². The molecule has 0 bridgehead atoms. The van der Waals surface area contributed by atoms with E-state index in [1.165, 1.54) is 4.68 Å². The predicted octanol–water partition coefficient (Wildman–Crippen LogP) is 1.33. The first kappa shape index (κ1) is 15.6. The van der Waals surface area contributed by atoms with Gasteiger partial charge in [0, 0.05) is 12.7 Å². The van der Waals surface area contributed by atoms with Gasteiger partial charge in [-0.05, 0) is 25.5 Å². The third kappa shape index (κ3) is 3.63. The number of carbonyl (C=O) groups is 2. The van der Waals surface area contributed by atoms with E-state index in [-0.39, 0.29) is 23.9 Å². The molecule has 2 aromatic rings. The van der Waals surface area contributed by atoms with Crippen LogP contribution in [-0.4, -0.2) is 28.2 Å². The highest BCUT2D eigenvalue weighted by Gasteiger charge is 2.16. The van der Waals surface area contributed by atoms with Crippen molar-refractivity contribution in [3.63, 3.8) is 0 Å². The normalized spacial score (nSPS) is 10.3. The summed E-state index contributed by atoms with van der Waals surface area (Å²) >= 11 is 0. The highest BCUT2D eigenvalue weighted by Crippen LogP contribution is 2.17. The maximum Gasteiger partial charge on any atom is 0.271 e. The van der Waals surface area contributed by atoms with Gasteiger partial charge in [-0.3, -0.25) is 14.3 Å². The van der Waals surface area contributed by atoms with Crippen LogP contribution in [0.25, 0.3) is 0 Å². The van der Waals surface area contributed by atoms with Crippen LogP contribution < -0.4 is 15.8 Å². The molecule has 1 aromatic heterocycles. The summed E-state index contributed by atoms with van der Waals surface area (Å²) in [6.45, 7) is 4.16. The Morgan fingerprint density at radius 3 is 2.73 bits per heavy atom. The van der Waals surface area contributed by atoms with Crippen LogP contribution in [0.1, 0.15) is 23.0 Å². The minimum atomic E-state index is -0.692. The van der Waals surface area contributed by atoms with E-state index in [1.807, 2.05) is 32.0 Å². The van der Waals surface area contributed by atoms with Crippen molar-refractivity contribution in [2.24, 2.45) is 5.73 Å². The summed E-state index contributed by atoms with van der Waals surface area (Å²) in [5.74, 6) is -0.444. The van der Waals surface area contributed by atoms with Gasteiger partial charge in [-0.25, -0.2) is 0 Å². The second kappa shape index (κ2) is 6.75. The quantitative estimate of drug-likeness (QED) is 0.840. The Hall–Kier alpha value is -2.83. The van der Waals surface area contributed by atoms with Gasteiger partial charge in [-0.2, -0.15) is 5.10 Å². The lowest BCUT2D eigenvalue weighted by molar-refractivity contribution is -0.118. The number of anilines is 1. The summed E-state index contributed by atoms with van der Waals surface area (Å²) in [6, 6.07) is 7.40. The zero-order chi connectivity index (χ0) is 16.1. The molecule has 2 rings (SSSR count). The number of aryl methyl sites for hydroxylation is 2. The molecule has 0 radical (unpaired) electrons. The maximum absolute atomic E-state index is 11.9. The van der Waals surface area contributed by atoms with Gasteiger partial charge in [0.15, 0.2) is 12.3 Å². The number of hydrogen-bond acceptors (Lipinski definition) is 4. The Balaban J connectivity index is 2.02. The summed E-state index contributed by atoms with van der Waals surface area (Å²) in [7, 11) is 0. The first-order valence-electron chi connectivity index (χ1n) is 6.86. The molecule has 116 valence electrons. The fraction of sp³-hybridized carbons (Fsp3) is 0.267. The topological polar surface area (TPSA) is 99.2 Å². The van der Waals surface area contributed by atoms with Gasteiger partial charge in [0.1, 0.15) is 5.75 Å². The van der Waals surface area contributed by atoms with Gasteiger partial charge >= 0.3 is 0 Å². The molecule has 1 heterocycles. The van der Waals surface area contributed by atoms with Crippen molar-refractivity contribution < 1.29 is 14.3 Å². The average molecular weight is 302 g/mol. The van der Waals surface area contributed by atoms with Gasteiger partial charge in [0.05, 0.1) is 5.69 Å². The van der Waals surface area contributed by atoms with Crippen LogP contribution in [0.3, 0.4) is 0 Å². The molecule has 0 atom stereocenters. The number of hydrogen-bond donors (Lipinski definition) is 2. The molecule has 0 unspecified atom stereocenters. The number of rotatable bonds is 6. The Morgan fingerprint density at radius 1 is 1.36 bits per heavy atom. The number of carbonyl (C=O) groups excluding carboxylic acids is 2. The van der Waals surface area contributed by atoms with Crippen molar-refractivity contribution in [3.05, 3.63) is 41.7 Å². The number of nitrogens with two attached hydrogens (primary N) is 1. The fourth-order valence-corrected chi connectivity index (χ4v) is 1.90. The van der Waals surface area contributed by atoms with Gasteiger partial charge in [0.2, 0.25) is 0 Å². The monoisotopic (exact) mass is 302 g/mol. The largest absolute Gasteiger partial charge is 0.483 e. The number of nitrogens with zero attached hydrogens (tertiary/aromatic N) is 2. The number of amides is 2. The number of benzene rings is 1. The van der Waals surface area contributed by atoms with E-state index in [0.717, 1.165) is 5.56 Å². The van der Waals surface area contributed by atoms with E-state index in [9.17, 15) is 9.59 Å². The molecule has 0 spiro atoms. The van der Waals surface area contributed by atoms with Gasteiger partial charge in [-0.1, -0.05) is 18.2 Å². The van der Waals surface area contributed by atoms with Crippen molar-refractivity contribution in [1.29, 1.82) is 0 Å². The Labute approximate surface area is 128 Å². The van der Waals surface area contributed by atoms with Crippen LogP contribution in [0.15, 0.2) is 30.5 Å². The minimum Gasteiger partial charge on any atom is -0.483 e. The van der Waals surface area contributed by atoms with Crippen LogP contribution in [-0.2, 0) is 11.3 Å². The van der Waals surface area contributed by atoms with Crippen LogP contribution in [0.4, 0.5) is 5.69 Å². The molecule has 7 nitrogen and oxygen atoms in total. The van der Waals surface area contributed by atoms with Gasteiger partial charge < -0.3 is 15.8 Å². The predicted molar refractivity (Wildman–Crippen MR) is 81.7 cm³/mol. The molecule has 0 saturated heterocycles. The third-order valence-electron chi connectivity index (χ3n) is 3.05. The minimum absolute atomic E-state index is 0.0334. The molecule has 0 aliphatic carbocycles. The first-order chi connectivity index (χ1) is 10.5. The molecule has 2 amide bonds. The van der Waals surface area contributed by atoms with Gasteiger partial charge in [0.25, 0.3) is 11.8 Å². The van der Waals surface area contributed by atoms with Crippen molar-refractivity contribution in [3.8, 4) is 5.75 Å². The van der Waals surface area contributed by atoms with E-state index in [1.54, 1.807) is 12.3 Å². The molecular formula is C15H18N4O3. The summed E-state index contributed by atoms with van der Waals surface area (Å²) in [4.78, 5) is 23.3. The van der Waals surface area contributed by atoms with Crippen LogP contribution in [0.5, 0.6) is 5.75 Å². The number of ether oxygens (including phenoxy) is 1. The molecule has 0 aliphatic heterocycles. The first-order valence-corrected chi connectivity index (χ1v) is 6.86. The number of para-hydroxylation sites is 1. The lowest BCUT2D eigenvalue weighted by Gasteiger charge is -2.08. The Kier molecular flexibility index (Phi) is 4.77. The average Bonchev–Trinajstić information content (AvgIpc) is 2.89. The standard InChI is InChI=1S/C15H18N4O3/c1-3-19-8-11(14(18-19)15(16)21)17-13(20)9-22-12-7-5-4-6-10(12)2/h4-8H,3,9H2,1-2H3,(H2,16,21)(H,17,20). The second-order valence-electron chi connectivity index (χ2n) is 4.71. The van der Waals surface area contributed by atoms with Crippen LogP contribution >= 0.6 is 0 Å². The molecule has 0 aliphatic rings. The van der Waals surface area contributed by atoms with E-state index < -0.39 is 5.91 Å². The zero-order valence-corrected chi connectivity index (χ0v) is 12.5. The maximum atomic E-state index is 11.9. The van der Waals surface area contributed by atoms with Crippen LogP contribution in [0.2, 0.25) is 0 Å². The summed E-state index contributed by atoms with van der Waals surface area (Å²) < 4.78 is 6.97. The second-order valence-corrected chi connectivity index (χ2v) is 4.71. The van der Waals surface area contributed by atoms with E-state index in [4.69, 9.17) is 10.5 Å². The fourth-order valence-electron chi connectivity index (χ4n) is 1.90. The number of aromatic nitrogens is 2. The molecular weight excluding hydrogens is 284 g/mol. The van der Waals surface area contributed by atoms with Crippen molar-refractivity contribution in [1.82, 2.24) is 9.78 Å². The van der Waals surface area contributed by atoms with E-state index in [0.29, 0.717) is 12.3 Å². The van der Waals surface area contributed by atoms with E-state index in [2.05, 4.69) is 10.4 Å². The number of nitrogens with one attached hydrogen (secondary N) is 1. The third-order valence-corrected chi connectivity index (χ3v) is 3.05. The van der Waals surface area contributed by atoms with Crippen molar-refractivity contribution in [2.75, 3.05) is 11.9 Å². The Morgan fingerprint density at radius 2 is 2.09 bits per heavy atom. The summed E-state index contributed by atoms with van der Waals surface area (Å²) in [6.07, 6.45) is 1.56. The summed E-state index contributed by atoms with van der Waals surface area (Å²) in [5.41, 5.74) is 6.50. The molecule has 7 heteroatoms. The SMILES string of the molecule is CCn1cc(NC(=O)COc2ccccc2C)c(C(N)=O)n1. The number of primary amides is 1. The molecule has 3 N–H and O–H groups in total. The molecule has 0 fully saturated rings.